The average molecular weight is 492 g/mol. The maximum Gasteiger partial charge on any atom is 0.256 e. The number of fused-ring (bicyclic) bond motifs is 1. The van der Waals surface area contributed by atoms with Gasteiger partial charge in [-0.2, -0.15) is 5.10 Å². The number of nitrogens with one attached hydrogen (secondary N) is 2. The van der Waals surface area contributed by atoms with Crippen LogP contribution in [0.3, 0.4) is 0 Å². The van der Waals surface area contributed by atoms with Gasteiger partial charge in [-0.15, -0.1) is 0 Å². The molecule has 1 amide bonds. The number of aromatic nitrogens is 2. The van der Waals surface area contributed by atoms with Gasteiger partial charge in [0.15, 0.2) is 17.4 Å². The fourth-order valence-electron chi connectivity index (χ4n) is 4.55. The molecule has 0 atom stereocenters. The molecule has 9 heteroatoms. The van der Waals surface area contributed by atoms with Crippen LogP contribution in [0.4, 0.5) is 20.3 Å². The summed E-state index contributed by atoms with van der Waals surface area (Å²) in [6.45, 7) is 7.22. The zero-order valence-electron chi connectivity index (χ0n) is 20.1. The van der Waals surface area contributed by atoms with Crippen LogP contribution in [0.25, 0.3) is 22.0 Å². The average Bonchev–Trinajstić information content (AvgIpc) is 3.31. The molecule has 1 aliphatic rings. The highest BCUT2D eigenvalue weighted by Gasteiger charge is 2.19. The quantitative estimate of drug-likeness (QED) is 0.401. The number of benzene rings is 3. The number of nitrogens with zero attached hydrogens (tertiary/aromatic N) is 3. The SMILES string of the molecule is CCN1CCN(c2ccc(C(=O)Nc3n[nH]c4cc(-c5c(F)ccc(OC)c5F)ccc34)cc2)CC1. The normalized spacial score (nSPS) is 14.3. The first-order valence-corrected chi connectivity index (χ1v) is 11.9. The van der Waals surface area contributed by atoms with Crippen molar-refractivity contribution in [2.75, 3.05) is 50.1 Å². The van der Waals surface area contributed by atoms with Crippen LogP contribution in [0.5, 0.6) is 5.75 Å². The first kappa shape index (κ1) is 23.7. The Morgan fingerprint density at radius 2 is 1.81 bits per heavy atom. The Hall–Kier alpha value is -3.98. The highest BCUT2D eigenvalue weighted by molar-refractivity contribution is 6.08. The molecule has 1 fully saturated rings. The molecular weight excluding hydrogens is 464 g/mol. The van der Waals surface area contributed by atoms with Crippen molar-refractivity contribution in [1.82, 2.24) is 15.1 Å². The maximum absolute atomic E-state index is 14.7. The lowest BCUT2D eigenvalue weighted by atomic mass is 10.0. The molecule has 5 rings (SSSR count). The van der Waals surface area contributed by atoms with Crippen molar-refractivity contribution in [3.8, 4) is 16.9 Å². The second-order valence-corrected chi connectivity index (χ2v) is 8.69. The second-order valence-electron chi connectivity index (χ2n) is 8.69. The molecule has 1 aliphatic heterocycles. The Kier molecular flexibility index (Phi) is 6.56. The standard InChI is InChI=1S/C27H27F2N5O2/c1-3-33-12-14-34(15-13-33)19-7-4-17(5-8-19)27(35)30-26-20-9-6-18(16-22(20)31-32-26)24-21(28)10-11-23(36-2)25(24)29/h4-11,16H,3,12-15H2,1-2H3,(H2,30,31,32,35). The van der Waals surface area contributed by atoms with Gasteiger partial charge < -0.3 is 19.9 Å². The first-order chi connectivity index (χ1) is 17.5. The number of hydrogen-bond acceptors (Lipinski definition) is 5. The van der Waals surface area contributed by atoms with Crippen LogP contribution < -0.4 is 15.0 Å². The summed E-state index contributed by atoms with van der Waals surface area (Å²) in [5.74, 6) is -1.47. The fraction of sp³-hybridized carbons (Fsp3) is 0.259. The lowest BCUT2D eigenvalue weighted by Gasteiger charge is -2.35. The van der Waals surface area contributed by atoms with Crippen LogP contribution in [-0.4, -0.2) is 60.8 Å². The lowest BCUT2D eigenvalue weighted by Crippen LogP contribution is -2.46. The summed E-state index contributed by atoms with van der Waals surface area (Å²) >= 11 is 0. The molecule has 0 aliphatic carbocycles. The van der Waals surface area contributed by atoms with Gasteiger partial charge in [0.2, 0.25) is 0 Å². The number of ether oxygens (including phenoxy) is 1. The predicted octanol–water partition coefficient (Wildman–Crippen LogP) is 4.91. The summed E-state index contributed by atoms with van der Waals surface area (Å²) in [4.78, 5) is 17.6. The number of rotatable bonds is 6. The minimum atomic E-state index is -0.777. The van der Waals surface area contributed by atoms with Crippen molar-refractivity contribution >= 4 is 28.3 Å². The van der Waals surface area contributed by atoms with E-state index in [1.165, 1.54) is 13.2 Å². The second kappa shape index (κ2) is 9.94. The lowest BCUT2D eigenvalue weighted by molar-refractivity contribution is 0.102. The zero-order chi connectivity index (χ0) is 25.2. The van der Waals surface area contributed by atoms with Crippen molar-refractivity contribution in [3.63, 3.8) is 0 Å². The van der Waals surface area contributed by atoms with Crippen LogP contribution in [0, 0.1) is 11.6 Å². The van der Waals surface area contributed by atoms with Gasteiger partial charge in [0.05, 0.1) is 18.2 Å². The molecule has 1 aromatic heterocycles. The third kappa shape index (κ3) is 4.49. The third-order valence-corrected chi connectivity index (χ3v) is 6.67. The number of methoxy groups -OCH3 is 1. The van der Waals surface area contributed by atoms with Gasteiger partial charge in [-0.05, 0) is 60.6 Å². The topological polar surface area (TPSA) is 73.5 Å². The van der Waals surface area contributed by atoms with Gasteiger partial charge in [0.25, 0.3) is 5.91 Å². The Labute approximate surface area is 207 Å². The smallest absolute Gasteiger partial charge is 0.256 e. The van der Waals surface area contributed by atoms with E-state index >= 15 is 0 Å². The molecule has 2 heterocycles. The summed E-state index contributed by atoms with van der Waals surface area (Å²) in [5, 5.41) is 10.5. The Morgan fingerprint density at radius 3 is 2.50 bits per heavy atom. The molecule has 36 heavy (non-hydrogen) atoms. The largest absolute Gasteiger partial charge is 0.494 e. The van der Waals surface area contributed by atoms with Gasteiger partial charge in [0.1, 0.15) is 5.82 Å². The highest BCUT2D eigenvalue weighted by Crippen LogP contribution is 2.34. The predicted molar refractivity (Wildman–Crippen MR) is 137 cm³/mol. The van der Waals surface area contributed by atoms with E-state index in [0.29, 0.717) is 27.8 Å². The molecule has 1 saturated heterocycles. The van der Waals surface area contributed by atoms with E-state index in [9.17, 15) is 13.6 Å². The van der Waals surface area contributed by atoms with E-state index < -0.39 is 11.6 Å². The molecule has 0 unspecified atom stereocenters. The van der Waals surface area contributed by atoms with Crippen molar-refractivity contribution in [2.45, 2.75) is 6.92 Å². The molecule has 2 N–H and O–H groups in total. The van der Waals surface area contributed by atoms with E-state index in [-0.39, 0.29) is 17.2 Å². The Bertz CT molecular complexity index is 1400. The molecule has 0 spiro atoms. The van der Waals surface area contributed by atoms with Crippen LogP contribution in [-0.2, 0) is 0 Å². The maximum atomic E-state index is 14.7. The van der Waals surface area contributed by atoms with Gasteiger partial charge >= 0.3 is 0 Å². The number of carbonyl (C=O) groups is 1. The number of hydrogen-bond donors (Lipinski definition) is 2. The molecule has 3 aromatic carbocycles. The van der Waals surface area contributed by atoms with Crippen molar-refractivity contribution in [1.29, 1.82) is 0 Å². The van der Waals surface area contributed by atoms with Gasteiger partial charge in [0, 0.05) is 42.8 Å². The summed E-state index contributed by atoms with van der Waals surface area (Å²) < 4.78 is 34.1. The number of carbonyl (C=O) groups excluding carboxylic acids is 1. The molecule has 0 radical (unpaired) electrons. The number of halogens is 2. The molecule has 4 aromatic rings. The summed E-state index contributed by atoms with van der Waals surface area (Å²) in [6, 6.07) is 14.8. The number of anilines is 2. The van der Waals surface area contributed by atoms with Crippen LogP contribution in [0.1, 0.15) is 17.3 Å². The fourth-order valence-corrected chi connectivity index (χ4v) is 4.55. The van der Waals surface area contributed by atoms with Crippen molar-refractivity contribution in [3.05, 3.63) is 71.8 Å². The zero-order valence-corrected chi connectivity index (χ0v) is 20.1. The molecule has 0 saturated carbocycles. The van der Waals surface area contributed by atoms with E-state index in [2.05, 4.69) is 32.2 Å². The summed E-state index contributed by atoms with van der Waals surface area (Å²) in [6.07, 6.45) is 0. The molecule has 0 bridgehead atoms. The summed E-state index contributed by atoms with van der Waals surface area (Å²) in [5.41, 5.74) is 2.28. The molecule has 186 valence electrons. The van der Waals surface area contributed by atoms with Gasteiger partial charge in [-0.1, -0.05) is 13.0 Å². The van der Waals surface area contributed by atoms with Crippen LogP contribution >= 0.6 is 0 Å². The van der Waals surface area contributed by atoms with Gasteiger partial charge in [-0.3, -0.25) is 9.89 Å². The number of piperazine rings is 1. The van der Waals surface area contributed by atoms with Crippen LogP contribution in [0.2, 0.25) is 0 Å². The Balaban J connectivity index is 1.32. The molecule has 7 nitrogen and oxygen atoms in total. The van der Waals surface area contributed by atoms with E-state index in [0.717, 1.165) is 44.5 Å². The number of H-pyrrole nitrogens is 1. The van der Waals surface area contributed by atoms with Crippen LogP contribution in [0.15, 0.2) is 54.6 Å². The van der Waals surface area contributed by atoms with E-state index in [1.807, 2.05) is 12.1 Å². The summed E-state index contributed by atoms with van der Waals surface area (Å²) in [7, 11) is 1.33. The first-order valence-electron chi connectivity index (χ1n) is 11.9. The number of aromatic amines is 1. The third-order valence-electron chi connectivity index (χ3n) is 6.67. The monoisotopic (exact) mass is 491 g/mol. The minimum Gasteiger partial charge on any atom is -0.494 e. The number of amides is 1. The highest BCUT2D eigenvalue weighted by atomic mass is 19.1. The van der Waals surface area contributed by atoms with Crippen molar-refractivity contribution in [2.24, 2.45) is 0 Å². The minimum absolute atomic E-state index is 0.0432. The van der Waals surface area contributed by atoms with E-state index in [1.54, 1.807) is 30.3 Å². The number of likely N-dealkylation sites (N-methyl/N-ethyl adjacent to an activating group) is 1. The van der Waals surface area contributed by atoms with Gasteiger partial charge in [-0.25, -0.2) is 8.78 Å². The van der Waals surface area contributed by atoms with E-state index in [4.69, 9.17) is 4.74 Å². The Morgan fingerprint density at radius 1 is 1.06 bits per heavy atom. The molecular formula is C27H27F2N5O2. The van der Waals surface area contributed by atoms with Crippen molar-refractivity contribution < 1.29 is 18.3 Å².